The minimum absolute atomic E-state index is 0.284. The molecule has 0 radical (unpaired) electrons. The molecule has 0 aliphatic carbocycles. The summed E-state index contributed by atoms with van der Waals surface area (Å²) in [5, 5.41) is 6.56. The Morgan fingerprint density at radius 2 is 2.33 bits per heavy atom. The molecule has 0 fully saturated rings. The molecule has 1 N–H and O–H groups in total. The van der Waals surface area contributed by atoms with Crippen molar-refractivity contribution in [1.82, 2.24) is 4.98 Å². The maximum Gasteiger partial charge on any atom is 0.184 e. The van der Waals surface area contributed by atoms with E-state index in [1.807, 2.05) is 12.3 Å². The van der Waals surface area contributed by atoms with Crippen LogP contribution in [0.2, 0.25) is 5.15 Å². The summed E-state index contributed by atoms with van der Waals surface area (Å²) in [6.45, 7) is 7.75. The van der Waals surface area contributed by atoms with Crippen molar-refractivity contribution in [2.75, 3.05) is 18.5 Å². The third-order valence-corrected chi connectivity index (χ3v) is 3.19. The van der Waals surface area contributed by atoms with Crippen molar-refractivity contribution in [3.8, 4) is 0 Å². The molecule has 0 saturated carbocycles. The Bertz CT molecular complexity index is 291. The van der Waals surface area contributed by atoms with Gasteiger partial charge in [-0.2, -0.15) is 0 Å². The number of rotatable bonds is 6. The molecule has 1 heterocycles. The molecule has 86 valence electrons. The van der Waals surface area contributed by atoms with E-state index in [0.29, 0.717) is 17.7 Å². The first-order valence-corrected chi connectivity index (χ1v) is 6.34. The van der Waals surface area contributed by atoms with Gasteiger partial charge in [-0.05, 0) is 12.8 Å². The Hall–Kier alpha value is -0.320. The summed E-state index contributed by atoms with van der Waals surface area (Å²) in [6, 6.07) is 0.284. The van der Waals surface area contributed by atoms with Gasteiger partial charge in [-0.25, -0.2) is 4.98 Å². The molecule has 0 saturated heterocycles. The Balaban J connectivity index is 2.50. The molecule has 0 amide bonds. The fourth-order valence-corrected chi connectivity index (χ4v) is 2.02. The van der Waals surface area contributed by atoms with E-state index in [2.05, 4.69) is 24.1 Å². The minimum Gasteiger partial charge on any atom is -0.380 e. The van der Waals surface area contributed by atoms with Crippen LogP contribution < -0.4 is 5.32 Å². The van der Waals surface area contributed by atoms with Crippen LogP contribution in [0.5, 0.6) is 0 Å². The van der Waals surface area contributed by atoms with Crippen molar-refractivity contribution < 1.29 is 4.74 Å². The Kier molecular flexibility index (Phi) is 5.36. The second-order valence-corrected chi connectivity index (χ2v) is 4.88. The van der Waals surface area contributed by atoms with Gasteiger partial charge in [0.15, 0.2) is 5.13 Å². The number of nitrogens with one attached hydrogen (secondary N) is 1. The van der Waals surface area contributed by atoms with Crippen LogP contribution in [0.4, 0.5) is 5.13 Å². The zero-order chi connectivity index (χ0) is 11.3. The van der Waals surface area contributed by atoms with Gasteiger partial charge in [0.1, 0.15) is 5.15 Å². The zero-order valence-electron chi connectivity index (χ0n) is 9.29. The van der Waals surface area contributed by atoms with Crippen molar-refractivity contribution >= 4 is 28.1 Å². The smallest absolute Gasteiger partial charge is 0.184 e. The topological polar surface area (TPSA) is 34.1 Å². The van der Waals surface area contributed by atoms with E-state index < -0.39 is 0 Å². The Labute approximate surface area is 99.8 Å². The Morgan fingerprint density at radius 1 is 1.60 bits per heavy atom. The fraction of sp³-hybridized carbons (Fsp3) is 0.700. The van der Waals surface area contributed by atoms with E-state index in [9.17, 15) is 0 Å². The lowest BCUT2D eigenvalue weighted by molar-refractivity contribution is 0.127. The average Bonchev–Trinajstić information content (AvgIpc) is 2.58. The maximum atomic E-state index is 5.76. The van der Waals surface area contributed by atoms with Crippen LogP contribution in [0.15, 0.2) is 5.38 Å². The van der Waals surface area contributed by atoms with E-state index in [-0.39, 0.29) is 6.04 Å². The first-order chi connectivity index (χ1) is 7.13. The number of thiazole rings is 1. The molecule has 15 heavy (non-hydrogen) atoms. The number of halogens is 1. The molecule has 1 atom stereocenters. The largest absolute Gasteiger partial charge is 0.380 e. The Morgan fingerprint density at radius 3 is 2.80 bits per heavy atom. The maximum absolute atomic E-state index is 5.76. The lowest BCUT2D eigenvalue weighted by Crippen LogP contribution is -2.30. The summed E-state index contributed by atoms with van der Waals surface area (Å²) in [7, 11) is 0. The lowest BCUT2D eigenvalue weighted by atomic mass is 10.1. The molecule has 1 aromatic heterocycles. The van der Waals surface area contributed by atoms with Crippen LogP contribution in [-0.2, 0) is 4.74 Å². The highest BCUT2D eigenvalue weighted by Gasteiger charge is 2.14. The third kappa shape index (κ3) is 4.36. The molecule has 5 heteroatoms. The number of hydrogen-bond donors (Lipinski definition) is 1. The van der Waals surface area contributed by atoms with Crippen molar-refractivity contribution in [3.05, 3.63) is 10.5 Å². The highest BCUT2D eigenvalue weighted by molar-refractivity contribution is 7.14. The van der Waals surface area contributed by atoms with E-state index in [4.69, 9.17) is 16.3 Å². The van der Waals surface area contributed by atoms with Gasteiger partial charge in [-0.15, -0.1) is 11.3 Å². The number of anilines is 1. The second-order valence-electron chi connectivity index (χ2n) is 3.63. The van der Waals surface area contributed by atoms with Crippen LogP contribution in [-0.4, -0.2) is 24.2 Å². The predicted octanol–water partition coefficient (Wildman–Crippen LogP) is 3.27. The highest BCUT2D eigenvalue weighted by Crippen LogP contribution is 2.21. The average molecular weight is 249 g/mol. The van der Waals surface area contributed by atoms with Gasteiger partial charge >= 0.3 is 0 Å². The molecule has 1 unspecified atom stereocenters. The first-order valence-electron chi connectivity index (χ1n) is 5.08. The van der Waals surface area contributed by atoms with Gasteiger partial charge in [0.05, 0.1) is 12.6 Å². The monoisotopic (exact) mass is 248 g/mol. The molecule has 0 bridgehead atoms. The van der Waals surface area contributed by atoms with Gasteiger partial charge in [-0.1, -0.05) is 25.4 Å². The number of aromatic nitrogens is 1. The standard InChI is InChI=1S/C10H17ClN2OS/c1-4-14-5-8(7(2)3)12-10-13-9(11)6-15-10/h6-8H,4-5H2,1-3H3,(H,12,13). The quantitative estimate of drug-likeness (QED) is 0.839. The number of nitrogens with zero attached hydrogens (tertiary/aromatic N) is 1. The lowest BCUT2D eigenvalue weighted by Gasteiger charge is -2.21. The molecular weight excluding hydrogens is 232 g/mol. The van der Waals surface area contributed by atoms with Gasteiger partial charge in [0, 0.05) is 12.0 Å². The van der Waals surface area contributed by atoms with Crippen LogP contribution >= 0.6 is 22.9 Å². The predicted molar refractivity (Wildman–Crippen MR) is 65.9 cm³/mol. The van der Waals surface area contributed by atoms with Crippen molar-refractivity contribution in [1.29, 1.82) is 0 Å². The van der Waals surface area contributed by atoms with E-state index in [1.165, 1.54) is 11.3 Å². The minimum atomic E-state index is 0.284. The summed E-state index contributed by atoms with van der Waals surface area (Å²) in [5.74, 6) is 0.499. The SMILES string of the molecule is CCOCC(Nc1nc(Cl)cs1)C(C)C. The zero-order valence-corrected chi connectivity index (χ0v) is 10.9. The fourth-order valence-electron chi connectivity index (χ4n) is 1.12. The summed E-state index contributed by atoms with van der Waals surface area (Å²) >= 11 is 7.27. The molecule has 1 aromatic rings. The highest BCUT2D eigenvalue weighted by atomic mass is 35.5. The van der Waals surface area contributed by atoms with Gasteiger partial charge in [-0.3, -0.25) is 0 Å². The second kappa shape index (κ2) is 6.30. The van der Waals surface area contributed by atoms with Gasteiger partial charge in [0.2, 0.25) is 0 Å². The first kappa shape index (κ1) is 12.7. The van der Waals surface area contributed by atoms with Crippen LogP contribution in [0, 0.1) is 5.92 Å². The number of ether oxygens (including phenoxy) is 1. The molecule has 0 aromatic carbocycles. The van der Waals surface area contributed by atoms with Crippen molar-refractivity contribution in [3.63, 3.8) is 0 Å². The number of hydrogen-bond acceptors (Lipinski definition) is 4. The summed E-state index contributed by atoms with van der Waals surface area (Å²) in [6.07, 6.45) is 0. The van der Waals surface area contributed by atoms with Crippen LogP contribution in [0.25, 0.3) is 0 Å². The van der Waals surface area contributed by atoms with E-state index in [1.54, 1.807) is 0 Å². The van der Waals surface area contributed by atoms with E-state index >= 15 is 0 Å². The van der Waals surface area contributed by atoms with Crippen LogP contribution in [0.1, 0.15) is 20.8 Å². The summed E-state index contributed by atoms with van der Waals surface area (Å²) < 4.78 is 5.42. The molecule has 1 rings (SSSR count). The molecule has 3 nitrogen and oxygen atoms in total. The molecule has 0 spiro atoms. The molecular formula is C10H17ClN2OS. The molecule has 0 aliphatic heterocycles. The molecule has 0 aliphatic rings. The van der Waals surface area contributed by atoms with Crippen LogP contribution in [0.3, 0.4) is 0 Å². The summed E-state index contributed by atoms with van der Waals surface area (Å²) in [5.41, 5.74) is 0. The van der Waals surface area contributed by atoms with Crippen molar-refractivity contribution in [2.45, 2.75) is 26.8 Å². The van der Waals surface area contributed by atoms with E-state index in [0.717, 1.165) is 11.7 Å². The van der Waals surface area contributed by atoms with Crippen molar-refractivity contribution in [2.24, 2.45) is 5.92 Å². The normalized spacial score (nSPS) is 13.1. The third-order valence-electron chi connectivity index (χ3n) is 2.09. The van der Waals surface area contributed by atoms with Gasteiger partial charge in [0.25, 0.3) is 0 Å². The van der Waals surface area contributed by atoms with Gasteiger partial charge < -0.3 is 10.1 Å². The summed E-state index contributed by atoms with van der Waals surface area (Å²) in [4.78, 5) is 4.16.